The molecule has 2 heteroatoms. The second-order valence-corrected chi connectivity index (χ2v) is 3.32. The molecule has 1 aromatic rings. The lowest BCUT2D eigenvalue weighted by atomic mass is 10.0. The Morgan fingerprint density at radius 2 is 2.58 bits per heavy atom. The molecule has 0 saturated heterocycles. The van der Waals surface area contributed by atoms with Crippen LogP contribution in [0, 0.1) is 11.3 Å². The lowest BCUT2D eigenvalue weighted by Gasteiger charge is -2.23. The average Bonchev–Trinajstić information content (AvgIpc) is 2.53. The second-order valence-electron chi connectivity index (χ2n) is 3.32. The van der Waals surface area contributed by atoms with Gasteiger partial charge in [-0.25, -0.2) is 0 Å². The molecule has 62 valence electrons. The highest BCUT2D eigenvalue weighted by atomic mass is 15.0. The van der Waals surface area contributed by atoms with Crippen LogP contribution in [0.1, 0.15) is 31.0 Å². The first-order valence-corrected chi connectivity index (χ1v) is 4.44. The van der Waals surface area contributed by atoms with Gasteiger partial charge < -0.3 is 4.57 Å². The highest BCUT2D eigenvalue weighted by molar-refractivity contribution is 5.11. The van der Waals surface area contributed by atoms with Crippen LogP contribution in [0.5, 0.6) is 0 Å². The second kappa shape index (κ2) is 3.02. The van der Waals surface area contributed by atoms with Crippen molar-refractivity contribution in [2.45, 2.75) is 31.7 Å². The summed E-state index contributed by atoms with van der Waals surface area (Å²) in [5.41, 5.74) is 1.39. The van der Waals surface area contributed by atoms with Gasteiger partial charge in [0.25, 0.3) is 0 Å². The van der Waals surface area contributed by atoms with Gasteiger partial charge in [0.1, 0.15) is 0 Å². The number of hydrogen-bond donors (Lipinski definition) is 0. The van der Waals surface area contributed by atoms with Gasteiger partial charge in [0, 0.05) is 17.9 Å². The molecule has 0 spiro atoms. The molecule has 0 amide bonds. The molecule has 0 fully saturated rings. The monoisotopic (exact) mass is 160 g/mol. The predicted octanol–water partition coefficient (Wildman–Crippen LogP) is 2.28. The molecule has 1 aromatic heterocycles. The number of hydrogen-bond acceptors (Lipinski definition) is 1. The SMILES string of the molecule is N#CC[C@H]1CCCc2cccn21. The molecule has 1 aliphatic rings. The van der Waals surface area contributed by atoms with Crippen LogP contribution in [0.4, 0.5) is 0 Å². The predicted molar refractivity (Wildman–Crippen MR) is 46.6 cm³/mol. The molecule has 0 bridgehead atoms. The Hall–Kier alpha value is -1.23. The van der Waals surface area contributed by atoms with Crippen LogP contribution >= 0.6 is 0 Å². The maximum atomic E-state index is 8.62. The summed E-state index contributed by atoms with van der Waals surface area (Å²) in [4.78, 5) is 0. The number of nitrogens with zero attached hydrogens (tertiary/aromatic N) is 2. The van der Waals surface area contributed by atoms with Gasteiger partial charge in [-0.3, -0.25) is 0 Å². The van der Waals surface area contributed by atoms with Crippen molar-refractivity contribution >= 4 is 0 Å². The Kier molecular flexibility index (Phi) is 1.87. The molecule has 0 aromatic carbocycles. The Morgan fingerprint density at radius 1 is 1.67 bits per heavy atom. The van der Waals surface area contributed by atoms with Gasteiger partial charge in [-0.15, -0.1) is 0 Å². The Balaban J connectivity index is 2.26. The van der Waals surface area contributed by atoms with Crippen molar-refractivity contribution in [1.29, 1.82) is 5.26 Å². The summed E-state index contributed by atoms with van der Waals surface area (Å²) in [5, 5.41) is 8.62. The highest BCUT2D eigenvalue weighted by Gasteiger charge is 2.17. The molecule has 2 rings (SSSR count). The van der Waals surface area contributed by atoms with E-state index >= 15 is 0 Å². The zero-order chi connectivity index (χ0) is 8.39. The molecular weight excluding hydrogens is 148 g/mol. The van der Waals surface area contributed by atoms with Gasteiger partial charge in [0.2, 0.25) is 0 Å². The number of nitriles is 1. The van der Waals surface area contributed by atoms with E-state index in [1.807, 2.05) is 0 Å². The number of aryl methyl sites for hydroxylation is 1. The zero-order valence-electron chi connectivity index (χ0n) is 7.03. The van der Waals surface area contributed by atoms with Crippen LogP contribution in [0.2, 0.25) is 0 Å². The summed E-state index contributed by atoms with van der Waals surface area (Å²) < 4.78 is 2.26. The van der Waals surface area contributed by atoms with E-state index in [9.17, 15) is 0 Å². The van der Waals surface area contributed by atoms with Crippen molar-refractivity contribution in [3.8, 4) is 6.07 Å². The third-order valence-electron chi connectivity index (χ3n) is 2.56. The molecule has 0 unspecified atom stereocenters. The minimum Gasteiger partial charge on any atom is -0.347 e. The van der Waals surface area contributed by atoms with Gasteiger partial charge in [-0.05, 0) is 31.4 Å². The summed E-state index contributed by atoms with van der Waals surface area (Å²) in [5.74, 6) is 0. The molecule has 2 heterocycles. The highest BCUT2D eigenvalue weighted by Crippen LogP contribution is 2.26. The Labute approximate surface area is 72.4 Å². The standard InChI is InChI=1S/C10H12N2/c11-7-6-10-4-1-3-9-5-2-8-12(9)10/h2,5,8,10H,1,3-4,6H2/t10-/m1/s1. The normalized spacial score (nSPS) is 21.4. The van der Waals surface area contributed by atoms with Crippen LogP contribution < -0.4 is 0 Å². The van der Waals surface area contributed by atoms with Gasteiger partial charge in [0.15, 0.2) is 0 Å². The average molecular weight is 160 g/mol. The van der Waals surface area contributed by atoms with Crippen LogP contribution in [0.25, 0.3) is 0 Å². The number of fused-ring (bicyclic) bond motifs is 1. The minimum atomic E-state index is 0.439. The van der Waals surface area contributed by atoms with Crippen LogP contribution in [-0.2, 0) is 6.42 Å². The molecule has 1 aliphatic heterocycles. The van der Waals surface area contributed by atoms with Crippen molar-refractivity contribution in [3.63, 3.8) is 0 Å². The van der Waals surface area contributed by atoms with Crippen molar-refractivity contribution in [3.05, 3.63) is 24.0 Å². The van der Waals surface area contributed by atoms with Crippen molar-refractivity contribution in [2.24, 2.45) is 0 Å². The zero-order valence-corrected chi connectivity index (χ0v) is 7.03. The van der Waals surface area contributed by atoms with Gasteiger partial charge in [0.05, 0.1) is 12.5 Å². The lowest BCUT2D eigenvalue weighted by Crippen LogP contribution is -2.15. The van der Waals surface area contributed by atoms with Crippen molar-refractivity contribution in [1.82, 2.24) is 4.57 Å². The Morgan fingerprint density at radius 3 is 3.42 bits per heavy atom. The third kappa shape index (κ3) is 1.12. The van der Waals surface area contributed by atoms with Crippen LogP contribution in [0.15, 0.2) is 18.3 Å². The molecule has 0 radical (unpaired) electrons. The molecule has 0 N–H and O–H groups in total. The van der Waals surface area contributed by atoms with E-state index in [2.05, 4.69) is 29.0 Å². The summed E-state index contributed by atoms with van der Waals surface area (Å²) in [6, 6.07) is 6.92. The molecule has 12 heavy (non-hydrogen) atoms. The molecule has 2 nitrogen and oxygen atoms in total. The van der Waals surface area contributed by atoms with E-state index in [-0.39, 0.29) is 0 Å². The fourth-order valence-corrected chi connectivity index (χ4v) is 1.96. The number of aromatic nitrogens is 1. The van der Waals surface area contributed by atoms with Gasteiger partial charge >= 0.3 is 0 Å². The minimum absolute atomic E-state index is 0.439. The van der Waals surface area contributed by atoms with E-state index < -0.39 is 0 Å². The van der Waals surface area contributed by atoms with Gasteiger partial charge in [-0.2, -0.15) is 5.26 Å². The van der Waals surface area contributed by atoms with E-state index in [1.165, 1.54) is 18.5 Å². The summed E-state index contributed by atoms with van der Waals surface area (Å²) in [6.07, 6.45) is 6.32. The maximum Gasteiger partial charge on any atom is 0.0643 e. The van der Waals surface area contributed by atoms with Crippen LogP contribution in [0.3, 0.4) is 0 Å². The van der Waals surface area contributed by atoms with E-state index in [0.717, 1.165) is 6.42 Å². The van der Waals surface area contributed by atoms with E-state index in [0.29, 0.717) is 12.5 Å². The van der Waals surface area contributed by atoms with Crippen molar-refractivity contribution in [2.75, 3.05) is 0 Å². The van der Waals surface area contributed by atoms with Crippen molar-refractivity contribution < 1.29 is 0 Å². The summed E-state index contributed by atoms with van der Waals surface area (Å²) in [6.45, 7) is 0. The molecule has 0 saturated carbocycles. The first kappa shape index (κ1) is 7.42. The largest absolute Gasteiger partial charge is 0.347 e. The lowest BCUT2D eigenvalue weighted by molar-refractivity contribution is 0.409. The summed E-state index contributed by atoms with van der Waals surface area (Å²) in [7, 11) is 0. The number of rotatable bonds is 1. The topological polar surface area (TPSA) is 28.7 Å². The fraction of sp³-hybridized carbons (Fsp3) is 0.500. The molecular formula is C10H12N2. The molecule has 1 atom stereocenters. The first-order valence-electron chi connectivity index (χ1n) is 4.44. The maximum absolute atomic E-state index is 8.62. The molecule has 0 aliphatic carbocycles. The Bertz CT molecular complexity index is 306. The van der Waals surface area contributed by atoms with E-state index in [4.69, 9.17) is 5.26 Å². The van der Waals surface area contributed by atoms with E-state index in [1.54, 1.807) is 0 Å². The quantitative estimate of drug-likeness (QED) is 0.619. The smallest absolute Gasteiger partial charge is 0.0643 e. The van der Waals surface area contributed by atoms with Gasteiger partial charge in [-0.1, -0.05) is 0 Å². The first-order chi connectivity index (χ1) is 5.92. The fourth-order valence-electron chi connectivity index (χ4n) is 1.96. The summed E-state index contributed by atoms with van der Waals surface area (Å²) >= 11 is 0. The van der Waals surface area contributed by atoms with Crippen LogP contribution in [-0.4, -0.2) is 4.57 Å². The third-order valence-corrected chi connectivity index (χ3v) is 2.56.